The molecule has 0 spiro atoms. The first-order valence-electron chi connectivity index (χ1n) is 34.4. The van der Waals surface area contributed by atoms with Gasteiger partial charge in [0.15, 0.2) is 0 Å². The Hall–Kier alpha value is -12.1. The maximum Gasteiger partial charge on any atom is 0.143 e. The molecule has 6 heteroatoms. The molecule has 462 valence electrons. The van der Waals surface area contributed by atoms with E-state index in [0.717, 1.165) is 27.9 Å². The van der Waals surface area contributed by atoms with Crippen molar-refractivity contribution in [2.24, 2.45) is 32.7 Å². The Morgan fingerprint density at radius 1 is 0.323 bits per heavy atom. The molecule has 12 aliphatic carbocycles. The number of allylic oxidation sites excluding steroid dienone is 36. The molecule has 3 aromatic heterocycles. The number of dihydropyridines is 3. The first kappa shape index (κ1) is 55.1. The van der Waals surface area contributed by atoms with Crippen molar-refractivity contribution in [2.75, 3.05) is 0 Å². The first-order valence-corrected chi connectivity index (χ1v) is 35.2. The van der Waals surface area contributed by atoms with Crippen molar-refractivity contribution in [3.05, 3.63) is 408 Å². The van der Waals surface area contributed by atoms with Crippen LogP contribution in [0.1, 0.15) is 16.7 Å². The molecule has 0 N–H and O–H groups in total. The van der Waals surface area contributed by atoms with E-state index in [2.05, 4.69) is 255 Å². The molecule has 0 radical (unpaired) electrons. The second-order valence-corrected chi connectivity index (χ2v) is 28.4. The summed E-state index contributed by atoms with van der Waals surface area (Å²) in [7, 11) is 0. The monoisotopic (exact) mass is 1280 g/mol. The number of aliphatic imine (C=N–C) groups is 3. The topological polar surface area (TPSA) is 63.4 Å². The molecule has 0 fully saturated rings. The number of furan rings is 2. The van der Waals surface area contributed by atoms with Gasteiger partial charge in [-0.2, -0.15) is 0 Å². The van der Waals surface area contributed by atoms with Crippen LogP contribution in [0.2, 0.25) is 0 Å². The molecule has 3 aliphatic heterocycles. The Kier molecular flexibility index (Phi) is 11.8. The lowest BCUT2D eigenvalue weighted by atomic mass is 9.65. The van der Waals surface area contributed by atoms with Gasteiger partial charge < -0.3 is 8.83 Å². The van der Waals surface area contributed by atoms with Crippen molar-refractivity contribution in [1.29, 1.82) is 0 Å². The van der Waals surface area contributed by atoms with Gasteiger partial charge in [0.2, 0.25) is 0 Å². The van der Waals surface area contributed by atoms with Crippen LogP contribution in [0.15, 0.2) is 416 Å². The average molecular weight is 1280 g/mol. The van der Waals surface area contributed by atoms with Crippen molar-refractivity contribution < 1.29 is 8.83 Å². The van der Waals surface area contributed by atoms with Crippen LogP contribution >= 0.6 is 11.3 Å². The summed E-state index contributed by atoms with van der Waals surface area (Å²) in [4.78, 5) is 14.5. The third kappa shape index (κ3) is 8.18. The van der Waals surface area contributed by atoms with Gasteiger partial charge >= 0.3 is 0 Å². The van der Waals surface area contributed by atoms with E-state index in [-0.39, 0.29) is 35.9 Å². The fraction of sp³-hybridized carbons (Fsp3) is 0.0645. The maximum absolute atomic E-state index is 6.39. The fourth-order valence-corrected chi connectivity index (χ4v) is 19.2. The standard InChI is InChI=1S/2C31H19NO.C31H19NS/c1-2-9-27-22(6-1)25-8-3-7-24(31(25)33-27)21-13-10-18-11-15-26-29-19(12-14-23(21)28(18)29)17-20-5-4-16-32-30(20)26;1-2-6-27-23(5-1)24-12-9-19(17-28(24)33-27)22-11-7-18-8-14-26-30-20(10-13-25(22)29(18)30)16-21-4-3-15-32-31(21)26;1-2-9-27-22(6-1)25-8-3-7-24(31(25)33-27)21-13-10-18-11-15-26-29-19(12-14-23(21)28(18)29)17-20-5-4-16-32-30(20)26/h1-17,28,30H;1-17,29,31H;1-17,28,30H. The van der Waals surface area contributed by atoms with Crippen LogP contribution in [0.3, 0.4) is 0 Å². The summed E-state index contributed by atoms with van der Waals surface area (Å²) in [5, 5.41) is 7.38. The van der Waals surface area contributed by atoms with E-state index in [1.54, 1.807) is 0 Å². The van der Waals surface area contributed by atoms with Crippen LogP contribution < -0.4 is 0 Å². The van der Waals surface area contributed by atoms with Crippen molar-refractivity contribution in [2.45, 2.75) is 18.1 Å². The minimum Gasteiger partial charge on any atom is -0.456 e. The van der Waals surface area contributed by atoms with Gasteiger partial charge in [-0.3, -0.25) is 15.0 Å². The fourth-order valence-electron chi connectivity index (χ4n) is 18.0. The number of benzene rings is 6. The highest BCUT2D eigenvalue weighted by Gasteiger charge is 2.43. The largest absolute Gasteiger partial charge is 0.456 e. The summed E-state index contributed by atoms with van der Waals surface area (Å²) in [6.45, 7) is 0. The number of fused-ring (bicyclic) bond motifs is 15. The summed E-state index contributed by atoms with van der Waals surface area (Å²) in [6, 6.07) is 45.6. The molecule has 0 saturated heterocycles. The predicted molar refractivity (Wildman–Crippen MR) is 411 cm³/mol. The number of nitrogens with zero attached hydrogens (tertiary/aromatic N) is 3. The van der Waals surface area contributed by atoms with Crippen LogP contribution in [-0.2, 0) is 0 Å². The molecule has 6 aromatic carbocycles. The highest BCUT2D eigenvalue weighted by molar-refractivity contribution is 7.26. The second-order valence-electron chi connectivity index (χ2n) is 27.4. The van der Waals surface area contributed by atoms with Gasteiger partial charge in [0.25, 0.3) is 0 Å². The SMILES string of the molecule is C1=CC2=CC3=C4C(=CC=C5C=CC(c6ccc7c(c6)oc6ccccc67)=C(C=C3)C54)C2N=C1.C1=CC2=CC3=C4C(=CC=C5C=CC(c6cccc7c6oc6ccccc67)=C(C=C3)C54)C2N=C1.C1=CC2=CC3=C4C(=CC=C5C=CC(c6cccc7c6sc6ccccc67)=C(C=C3)C54)C2N=C1. The predicted octanol–water partition coefficient (Wildman–Crippen LogP) is 22.1. The average Bonchev–Trinajstić information content (AvgIpc) is 1.60. The summed E-state index contributed by atoms with van der Waals surface area (Å²) in [5.74, 6) is 0.785. The minimum atomic E-state index is 0.104. The van der Waals surface area contributed by atoms with Gasteiger partial charge in [-0.05, 0) is 195 Å². The highest BCUT2D eigenvalue weighted by atomic mass is 32.1. The molecule has 9 aromatic rings. The molecule has 6 unspecified atom stereocenters. The third-order valence-corrected chi connectivity index (χ3v) is 23.5. The van der Waals surface area contributed by atoms with Gasteiger partial charge in [-0.1, -0.05) is 225 Å². The summed E-state index contributed by atoms with van der Waals surface area (Å²) < 4.78 is 15.3. The molecule has 6 heterocycles. The molecule has 99 heavy (non-hydrogen) atoms. The number of hydrogen-bond acceptors (Lipinski definition) is 6. The quantitative estimate of drug-likeness (QED) is 0.177. The second kappa shape index (κ2) is 21.2. The minimum absolute atomic E-state index is 0.104. The Bertz CT molecular complexity index is 6070. The van der Waals surface area contributed by atoms with Gasteiger partial charge in [-0.25, -0.2) is 0 Å². The molecule has 6 atom stereocenters. The number of thiophene rings is 1. The van der Waals surface area contributed by atoms with Crippen LogP contribution in [0.5, 0.6) is 0 Å². The Labute approximate surface area is 575 Å². The van der Waals surface area contributed by atoms with Crippen LogP contribution in [0.4, 0.5) is 0 Å². The summed E-state index contributed by atoms with van der Waals surface area (Å²) in [6.07, 6.45) is 66.8. The molecule has 24 rings (SSSR count). The Balaban J connectivity index is 0.0000000949. The van der Waals surface area contributed by atoms with Crippen molar-refractivity contribution in [1.82, 2.24) is 0 Å². The molecular formula is C93H57N3O2S. The highest BCUT2D eigenvalue weighted by Crippen LogP contribution is 2.56. The smallest absolute Gasteiger partial charge is 0.143 e. The molecule has 0 amide bonds. The number of hydrogen-bond donors (Lipinski definition) is 0. The maximum atomic E-state index is 6.39. The lowest BCUT2D eigenvalue weighted by molar-refractivity contribution is 0.667. The van der Waals surface area contributed by atoms with Crippen molar-refractivity contribution in [3.63, 3.8) is 0 Å². The van der Waals surface area contributed by atoms with Crippen LogP contribution in [-0.4, -0.2) is 36.8 Å². The van der Waals surface area contributed by atoms with Crippen molar-refractivity contribution >= 4 is 111 Å². The lowest BCUT2D eigenvalue weighted by Gasteiger charge is -2.39. The zero-order valence-corrected chi connectivity index (χ0v) is 54.3. The summed E-state index contributed by atoms with van der Waals surface area (Å²) >= 11 is 1.91. The van der Waals surface area contributed by atoms with E-state index < -0.39 is 0 Å². The zero-order valence-electron chi connectivity index (χ0n) is 53.5. The number of rotatable bonds is 3. The molecule has 0 bridgehead atoms. The Morgan fingerprint density at radius 2 is 0.778 bits per heavy atom. The zero-order chi connectivity index (χ0) is 64.6. The van der Waals surface area contributed by atoms with Crippen LogP contribution in [0.25, 0.3) is 80.8 Å². The third-order valence-electron chi connectivity index (χ3n) is 22.3. The van der Waals surface area contributed by atoms with E-state index in [1.807, 2.05) is 66.4 Å². The molecule has 15 aliphatic rings. The van der Waals surface area contributed by atoms with E-state index >= 15 is 0 Å². The van der Waals surface area contributed by atoms with E-state index in [1.165, 1.54) is 170 Å². The van der Waals surface area contributed by atoms with E-state index in [0.29, 0.717) is 0 Å². The molecule has 0 saturated carbocycles. The number of para-hydroxylation sites is 3. The van der Waals surface area contributed by atoms with Gasteiger partial charge in [0.1, 0.15) is 40.5 Å². The van der Waals surface area contributed by atoms with E-state index in [9.17, 15) is 0 Å². The van der Waals surface area contributed by atoms with E-state index in [4.69, 9.17) is 23.8 Å². The molecular weight excluding hydrogens is 1220 g/mol. The summed E-state index contributed by atoms with van der Waals surface area (Å²) in [5.41, 5.74) is 35.6. The Morgan fingerprint density at radius 3 is 1.35 bits per heavy atom. The normalized spacial score (nSPS) is 24.2. The van der Waals surface area contributed by atoms with Crippen molar-refractivity contribution in [3.8, 4) is 0 Å². The van der Waals surface area contributed by atoms with Gasteiger partial charge in [0, 0.05) is 83.7 Å². The molecule has 5 nitrogen and oxygen atoms in total. The lowest BCUT2D eigenvalue weighted by Crippen LogP contribution is -2.29. The van der Waals surface area contributed by atoms with Gasteiger partial charge in [-0.15, -0.1) is 11.3 Å². The van der Waals surface area contributed by atoms with Gasteiger partial charge in [0.05, 0.1) is 0 Å². The first-order chi connectivity index (χ1) is 49.1. The van der Waals surface area contributed by atoms with Crippen LogP contribution in [0, 0.1) is 17.8 Å².